The lowest BCUT2D eigenvalue weighted by Gasteiger charge is -2.24. The lowest BCUT2D eigenvalue weighted by atomic mass is 9.85. The standard InChI is InChI=1S/C19H23ClN8O/c1-3-15(28-25-17(23-26-28)12-7-9-14(20)10-8-12)19(29)21-11-16-22-24-18(27(16)2)13-5-4-6-13/h7-10,13,15H,3-6,11H2,1-2H3,(H,21,29)/t15-/m1/s1. The van der Waals surface area contributed by atoms with E-state index in [0.29, 0.717) is 29.7 Å². The summed E-state index contributed by atoms with van der Waals surface area (Å²) in [5.41, 5.74) is 0.790. The smallest absolute Gasteiger partial charge is 0.247 e. The van der Waals surface area contributed by atoms with Crippen molar-refractivity contribution in [3.05, 3.63) is 40.9 Å². The third-order valence-electron chi connectivity index (χ3n) is 5.39. The highest BCUT2D eigenvalue weighted by Gasteiger charge is 2.26. The van der Waals surface area contributed by atoms with Crippen molar-refractivity contribution in [1.82, 2.24) is 40.3 Å². The van der Waals surface area contributed by atoms with Crippen molar-refractivity contribution in [3.63, 3.8) is 0 Å². The largest absolute Gasteiger partial charge is 0.347 e. The first kappa shape index (κ1) is 19.5. The summed E-state index contributed by atoms with van der Waals surface area (Å²) in [5, 5.41) is 24.6. The normalized spacial score (nSPS) is 15.1. The molecule has 1 N–H and O–H groups in total. The van der Waals surface area contributed by atoms with Crippen LogP contribution in [0, 0.1) is 0 Å². The Morgan fingerprint density at radius 3 is 2.66 bits per heavy atom. The number of amides is 1. The number of hydrogen-bond donors (Lipinski definition) is 1. The first-order valence-corrected chi connectivity index (χ1v) is 10.2. The number of tetrazole rings is 1. The average Bonchev–Trinajstić information content (AvgIpc) is 3.28. The third-order valence-corrected chi connectivity index (χ3v) is 5.64. The van der Waals surface area contributed by atoms with E-state index < -0.39 is 6.04 Å². The van der Waals surface area contributed by atoms with Crippen molar-refractivity contribution in [2.45, 2.75) is 51.1 Å². The van der Waals surface area contributed by atoms with Gasteiger partial charge in [-0.2, -0.15) is 4.80 Å². The van der Waals surface area contributed by atoms with Crippen molar-refractivity contribution in [2.75, 3.05) is 0 Å². The summed E-state index contributed by atoms with van der Waals surface area (Å²) in [6, 6.07) is 6.61. The van der Waals surface area contributed by atoms with Crippen LogP contribution in [0.3, 0.4) is 0 Å². The lowest BCUT2D eigenvalue weighted by Crippen LogP contribution is -2.33. The number of halogens is 1. The Bertz CT molecular complexity index is 992. The molecular formula is C19H23ClN8O. The second-order valence-electron chi connectivity index (χ2n) is 7.24. The fourth-order valence-electron chi connectivity index (χ4n) is 3.36. The Kier molecular flexibility index (Phi) is 5.57. The third kappa shape index (κ3) is 4.00. The summed E-state index contributed by atoms with van der Waals surface area (Å²) in [4.78, 5) is 14.1. The molecule has 3 aromatic rings. The molecule has 29 heavy (non-hydrogen) atoms. The number of carbonyl (C=O) groups excluding carboxylic acids is 1. The van der Waals surface area contributed by atoms with Crippen LogP contribution < -0.4 is 5.32 Å². The molecule has 1 aliphatic carbocycles. The molecule has 10 heteroatoms. The molecule has 1 atom stereocenters. The van der Waals surface area contributed by atoms with E-state index >= 15 is 0 Å². The number of nitrogens with zero attached hydrogens (tertiary/aromatic N) is 7. The van der Waals surface area contributed by atoms with Crippen LogP contribution in [0.15, 0.2) is 24.3 Å². The lowest BCUT2D eigenvalue weighted by molar-refractivity contribution is -0.125. The number of hydrogen-bond acceptors (Lipinski definition) is 6. The Labute approximate surface area is 173 Å². The van der Waals surface area contributed by atoms with Crippen LogP contribution in [0.5, 0.6) is 0 Å². The quantitative estimate of drug-likeness (QED) is 0.637. The van der Waals surface area contributed by atoms with Crippen LogP contribution in [0.25, 0.3) is 11.4 Å². The minimum atomic E-state index is -0.553. The summed E-state index contributed by atoms with van der Waals surface area (Å²) < 4.78 is 1.98. The molecule has 2 aromatic heterocycles. The molecule has 9 nitrogen and oxygen atoms in total. The molecule has 152 valence electrons. The summed E-state index contributed by atoms with van der Waals surface area (Å²) in [7, 11) is 1.95. The maximum Gasteiger partial charge on any atom is 0.247 e. The molecule has 0 saturated heterocycles. The number of aromatic nitrogens is 7. The number of rotatable bonds is 7. The van der Waals surface area contributed by atoms with Crippen LogP contribution in [0.4, 0.5) is 0 Å². The predicted octanol–water partition coefficient (Wildman–Crippen LogP) is 2.66. The topological polar surface area (TPSA) is 103 Å². The highest BCUT2D eigenvalue weighted by Crippen LogP contribution is 2.35. The van der Waals surface area contributed by atoms with Gasteiger partial charge < -0.3 is 9.88 Å². The molecule has 2 heterocycles. The van der Waals surface area contributed by atoms with Gasteiger partial charge in [0.15, 0.2) is 11.9 Å². The van der Waals surface area contributed by atoms with Crippen molar-refractivity contribution < 1.29 is 4.79 Å². The van der Waals surface area contributed by atoms with Gasteiger partial charge >= 0.3 is 0 Å². The number of benzene rings is 1. The van der Waals surface area contributed by atoms with E-state index in [1.807, 2.05) is 30.7 Å². The van der Waals surface area contributed by atoms with E-state index in [0.717, 1.165) is 30.1 Å². The zero-order chi connectivity index (χ0) is 20.4. The first-order chi connectivity index (χ1) is 14.1. The van der Waals surface area contributed by atoms with E-state index in [1.54, 1.807) is 12.1 Å². The fraction of sp³-hybridized carbons (Fsp3) is 0.474. The predicted molar refractivity (Wildman–Crippen MR) is 107 cm³/mol. The van der Waals surface area contributed by atoms with Gasteiger partial charge in [0.2, 0.25) is 11.7 Å². The van der Waals surface area contributed by atoms with Gasteiger partial charge in [0.25, 0.3) is 0 Å². The molecule has 1 saturated carbocycles. The van der Waals surface area contributed by atoms with Crippen LogP contribution in [-0.2, 0) is 18.4 Å². The van der Waals surface area contributed by atoms with Gasteiger partial charge in [-0.15, -0.1) is 20.4 Å². The minimum absolute atomic E-state index is 0.180. The molecular weight excluding hydrogens is 392 g/mol. The molecule has 0 radical (unpaired) electrons. The molecule has 0 aliphatic heterocycles. The Morgan fingerprint density at radius 2 is 2.00 bits per heavy atom. The molecule has 0 unspecified atom stereocenters. The second-order valence-corrected chi connectivity index (χ2v) is 7.68. The van der Waals surface area contributed by atoms with Crippen LogP contribution in [0.2, 0.25) is 5.02 Å². The van der Waals surface area contributed by atoms with Gasteiger partial charge in [-0.1, -0.05) is 24.9 Å². The molecule has 1 aromatic carbocycles. The summed E-state index contributed by atoms with van der Waals surface area (Å²) in [6.07, 6.45) is 4.09. The van der Waals surface area contributed by atoms with E-state index in [2.05, 4.69) is 30.9 Å². The first-order valence-electron chi connectivity index (χ1n) is 9.78. The zero-order valence-corrected chi connectivity index (χ0v) is 17.2. The molecule has 0 bridgehead atoms. The summed E-state index contributed by atoms with van der Waals surface area (Å²) in [6.45, 7) is 2.22. The minimum Gasteiger partial charge on any atom is -0.347 e. The monoisotopic (exact) mass is 414 g/mol. The van der Waals surface area contributed by atoms with E-state index in [1.165, 1.54) is 11.2 Å². The average molecular weight is 415 g/mol. The van der Waals surface area contributed by atoms with Gasteiger partial charge in [-0.05, 0) is 48.7 Å². The van der Waals surface area contributed by atoms with E-state index in [4.69, 9.17) is 11.6 Å². The Balaban J connectivity index is 1.42. The number of nitrogens with one attached hydrogen (secondary N) is 1. The van der Waals surface area contributed by atoms with Crippen LogP contribution in [0.1, 0.15) is 56.2 Å². The highest BCUT2D eigenvalue weighted by atomic mass is 35.5. The van der Waals surface area contributed by atoms with Crippen molar-refractivity contribution >= 4 is 17.5 Å². The zero-order valence-electron chi connectivity index (χ0n) is 16.4. The number of carbonyl (C=O) groups is 1. The maximum atomic E-state index is 12.7. The Morgan fingerprint density at radius 1 is 1.24 bits per heavy atom. The molecule has 4 rings (SSSR count). The van der Waals surface area contributed by atoms with Gasteiger partial charge in [-0.25, -0.2) is 0 Å². The van der Waals surface area contributed by atoms with E-state index in [-0.39, 0.29) is 5.91 Å². The highest BCUT2D eigenvalue weighted by molar-refractivity contribution is 6.30. The van der Waals surface area contributed by atoms with Crippen LogP contribution >= 0.6 is 11.6 Å². The molecule has 1 amide bonds. The van der Waals surface area contributed by atoms with Crippen molar-refractivity contribution in [3.8, 4) is 11.4 Å². The second kappa shape index (κ2) is 8.28. The Hall–Kier alpha value is -2.81. The van der Waals surface area contributed by atoms with Crippen molar-refractivity contribution in [1.29, 1.82) is 0 Å². The summed E-state index contributed by atoms with van der Waals surface area (Å²) >= 11 is 5.92. The fourth-order valence-corrected chi connectivity index (χ4v) is 3.49. The maximum absolute atomic E-state index is 12.7. The van der Waals surface area contributed by atoms with Crippen molar-refractivity contribution in [2.24, 2.45) is 7.05 Å². The van der Waals surface area contributed by atoms with Gasteiger partial charge in [0, 0.05) is 23.6 Å². The molecule has 1 aliphatic rings. The van der Waals surface area contributed by atoms with E-state index in [9.17, 15) is 4.79 Å². The van der Waals surface area contributed by atoms with Gasteiger partial charge in [-0.3, -0.25) is 4.79 Å². The van der Waals surface area contributed by atoms with Crippen LogP contribution in [-0.4, -0.2) is 40.9 Å². The summed E-state index contributed by atoms with van der Waals surface area (Å²) in [5.74, 6) is 2.50. The van der Waals surface area contributed by atoms with Gasteiger partial charge in [0.1, 0.15) is 5.82 Å². The molecule has 0 spiro atoms. The van der Waals surface area contributed by atoms with Gasteiger partial charge in [0.05, 0.1) is 6.54 Å². The SMILES string of the molecule is CC[C@H](C(=O)NCc1nnc(C2CCC2)n1C)n1nnc(-c2ccc(Cl)cc2)n1. The molecule has 1 fully saturated rings.